The van der Waals surface area contributed by atoms with Crippen molar-refractivity contribution in [2.45, 2.75) is 6.92 Å². The number of benzene rings is 2. The van der Waals surface area contributed by atoms with Crippen molar-refractivity contribution in [3.8, 4) is 22.9 Å². The number of piperazine rings is 1. The number of rotatable bonds is 7. The fourth-order valence-corrected chi connectivity index (χ4v) is 3.77. The van der Waals surface area contributed by atoms with Crippen LogP contribution in [-0.2, 0) is 4.79 Å². The molecule has 3 aromatic rings. The molecule has 0 aliphatic carbocycles. The number of nitrogens with zero attached hydrogens (tertiary/aromatic N) is 4. The highest BCUT2D eigenvalue weighted by molar-refractivity contribution is 5.78. The molecule has 2 heterocycles. The Labute approximate surface area is 194 Å². The molecule has 1 aliphatic heterocycles. The Morgan fingerprint density at radius 2 is 1.82 bits per heavy atom. The van der Waals surface area contributed by atoms with E-state index in [0.29, 0.717) is 43.5 Å². The van der Waals surface area contributed by atoms with E-state index in [1.165, 1.54) is 0 Å². The molecular formula is C26H28N4O3. The van der Waals surface area contributed by atoms with Crippen LogP contribution in [0.1, 0.15) is 12.5 Å². The number of carbonyl (C=O) groups is 1. The molecule has 0 spiro atoms. The van der Waals surface area contributed by atoms with Gasteiger partial charge in [-0.1, -0.05) is 48.6 Å². The topological polar surface area (TPSA) is 67.8 Å². The molecule has 1 saturated heterocycles. The molecule has 0 saturated carbocycles. The molecule has 0 bridgehead atoms. The van der Waals surface area contributed by atoms with Crippen LogP contribution < -0.4 is 14.4 Å². The number of hydrogen-bond acceptors (Lipinski definition) is 6. The molecular weight excluding hydrogens is 416 g/mol. The van der Waals surface area contributed by atoms with E-state index in [1.807, 2.05) is 78.6 Å². The second-order valence-corrected chi connectivity index (χ2v) is 7.67. The number of amides is 1. The highest BCUT2D eigenvalue weighted by Gasteiger charge is 2.23. The smallest absolute Gasteiger partial charge is 0.260 e. The van der Waals surface area contributed by atoms with Crippen LogP contribution >= 0.6 is 0 Å². The Morgan fingerprint density at radius 1 is 1.03 bits per heavy atom. The van der Waals surface area contributed by atoms with E-state index in [-0.39, 0.29) is 12.5 Å². The molecule has 7 heteroatoms. The fourth-order valence-electron chi connectivity index (χ4n) is 3.77. The maximum absolute atomic E-state index is 12.7. The van der Waals surface area contributed by atoms with Gasteiger partial charge in [0.15, 0.2) is 23.9 Å². The van der Waals surface area contributed by atoms with E-state index in [2.05, 4.69) is 9.88 Å². The summed E-state index contributed by atoms with van der Waals surface area (Å²) in [4.78, 5) is 25.9. The van der Waals surface area contributed by atoms with E-state index in [1.54, 1.807) is 13.3 Å². The maximum atomic E-state index is 12.7. The standard InChI is InChI=1S/C26H28N4O3/c1-3-7-20-10-11-22(23(18-20)32-2)33-19-25(31)30-16-14-29(15-17-30)24-12-13-27-26(28-24)21-8-5-4-6-9-21/h3-13,18H,14-17,19H2,1-2H3/b7-3+. The monoisotopic (exact) mass is 444 g/mol. The van der Waals surface area contributed by atoms with Crippen molar-refractivity contribution < 1.29 is 14.3 Å². The largest absolute Gasteiger partial charge is 0.493 e. The van der Waals surface area contributed by atoms with Crippen LogP contribution in [0.3, 0.4) is 0 Å². The molecule has 1 aliphatic rings. The van der Waals surface area contributed by atoms with Crippen LogP contribution in [-0.4, -0.2) is 60.7 Å². The summed E-state index contributed by atoms with van der Waals surface area (Å²) in [5, 5.41) is 0. The number of ether oxygens (including phenoxy) is 2. The van der Waals surface area contributed by atoms with Crippen LogP contribution in [0, 0.1) is 0 Å². The van der Waals surface area contributed by atoms with Gasteiger partial charge < -0.3 is 19.3 Å². The summed E-state index contributed by atoms with van der Waals surface area (Å²) >= 11 is 0. The zero-order valence-electron chi connectivity index (χ0n) is 19.0. The van der Waals surface area contributed by atoms with Gasteiger partial charge in [-0.05, 0) is 30.7 Å². The zero-order valence-corrected chi connectivity index (χ0v) is 19.0. The SMILES string of the molecule is C/C=C/c1ccc(OCC(=O)N2CCN(c3ccnc(-c4ccccc4)n3)CC2)c(OC)c1. The van der Waals surface area contributed by atoms with Gasteiger partial charge in [0.25, 0.3) is 5.91 Å². The van der Waals surface area contributed by atoms with Crippen molar-refractivity contribution >= 4 is 17.8 Å². The summed E-state index contributed by atoms with van der Waals surface area (Å²) in [5.74, 6) is 2.71. The van der Waals surface area contributed by atoms with Crippen LogP contribution in [0.2, 0.25) is 0 Å². The normalized spacial score (nSPS) is 13.9. The third-order valence-corrected chi connectivity index (χ3v) is 5.53. The molecule has 0 atom stereocenters. The third kappa shape index (κ3) is 5.49. The molecule has 7 nitrogen and oxygen atoms in total. The van der Waals surface area contributed by atoms with Gasteiger partial charge in [0.2, 0.25) is 0 Å². The van der Waals surface area contributed by atoms with E-state index in [0.717, 1.165) is 16.9 Å². The van der Waals surface area contributed by atoms with Gasteiger partial charge >= 0.3 is 0 Å². The molecule has 1 amide bonds. The van der Waals surface area contributed by atoms with Gasteiger partial charge in [0.1, 0.15) is 5.82 Å². The van der Waals surface area contributed by atoms with Crippen molar-refractivity contribution in [1.29, 1.82) is 0 Å². The third-order valence-electron chi connectivity index (χ3n) is 5.53. The minimum absolute atomic E-state index is 0.0228. The molecule has 0 unspecified atom stereocenters. The van der Waals surface area contributed by atoms with Crippen molar-refractivity contribution in [3.63, 3.8) is 0 Å². The molecule has 0 radical (unpaired) electrons. The lowest BCUT2D eigenvalue weighted by Crippen LogP contribution is -2.50. The summed E-state index contributed by atoms with van der Waals surface area (Å²) < 4.78 is 11.2. The van der Waals surface area contributed by atoms with Gasteiger partial charge in [-0.15, -0.1) is 0 Å². The second-order valence-electron chi connectivity index (χ2n) is 7.67. The first-order chi connectivity index (χ1) is 16.2. The van der Waals surface area contributed by atoms with Crippen LogP contribution in [0.25, 0.3) is 17.5 Å². The lowest BCUT2D eigenvalue weighted by atomic mass is 10.2. The van der Waals surface area contributed by atoms with Crippen LogP contribution in [0.15, 0.2) is 66.9 Å². The Bertz CT molecular complexity index is 1110. The van der Waals surface area contributed by atoms with Gasteiger partial charge in [-0.2, -0.15) is 0 Å². The highest BCUT2D eigenvalue weighted by atomic mass is 16.5. The Morgan fingerprint density at radius 3 is 2.55 bits per heavy atom. The maximum Gasteiger partial charge on any atom is 0.260 e. The highest BCUT2D eigenvalue weighted by Crippen LogP contribution is 2.28. The molecule has 33 heavy (non-hydrogen) atoms. The number of methoxy groups -OCH3 is 1. The predicted octanol–water partition coefficient (Wildman–Crippen LogP) is 3.91. The van der Waals surface area contributed by atoms with Crippen molar-refractivity contribution in [1.82, 2.24) is 14.9 Å². The number of aromatic nitrogens is 2. The van der Waals surface area contributed by atoms with Crippen LogP contribution in [0.5, 0.6) is 11.5 Å². The molecule has 1 aromatic heterocycles. The first-order valence-corrected chi connectivity index (χ1v) is 11.0. The number of allylic oxidation sites excluding steroid dienone is 1. The molecule has 2 aromatic carbocycles. The first-order valence-electron chi connectivity index (χ1n) is 11.0. The lowest BCUT2D eigenvalue weighted by Gasteiger charge is -2.35. The van der Waals surface area contributed by atoms with Gasteiger partial charge in [-0.25, -0.2) is 9.97 Å². The number of anilines is 1. The minimum Gasteiger partial charge on any atom is -0.493 e. The van der Waals surface area contributed by atoms with Gasteiger partial charge in [0, 0.05) is 37.9 Å². The molecule has 0 N–H and O–H groups in total. The average Bonchev–Trinajstić information content (AvgIpc) is 2.88. The number of carbonyl (C=O) groups excluding carboxylic acids is 1. The van der Waals surface area contributed by atoms with Crippen molar-refractivity contribution in [3.05, 3.63) is 72.4 Å². The van der Waals surface area contributed by atoms with E-state index in [9.17, 15) is 4.79 Å². The minimum atomic E-state index is -0.0399. The van der Waals surface area contributed by atoms with E-state index in [4.69, 9.17) is 14.5 Å². The zero-order chi connectivity index (χ0) is 23.0. The van der Waals surface area contributed by atoms with Crippen molar-refractivity contribution in [2.24, 2.45) is 0 Å². The van der Waals surface area contributed by atoms with E-state index < -0.39 is 0 Å². The van der Waals surface area contributed by atoms with E-state index >= 15 is 0 Å². The summed E-state index contributed by atoms with van der Waals surface area (Å²) in [7, 11) is 1.60. The molecule has 170 valence electrons. The Hall–Kier alpha value is -3.87. The molecule has 4 rings (SSSR count). The quantitative estimate of drug-likeness (QED) is 0.550. The summed E-state index contributed by atoms with van der Waals surface area (Å²) in [6.45, 7) is 4.58. The summed E-state index contributed by atoms with van der Waals surface area (Å²) in [6.07, 6.45) is 5.73. The van der Waals surface area contributed by atoms with Gasteiger partial charge in [-0.3, -0.25) is 4.79 Å². The number of hydrogen-bond donors (Lipinski definition) is 0. The van der Waals surface area contributed by atoms with Crippen molar-refractivity contribution in [2.75, 3.05) is 44.8 Å². The second kappa shape index (κ2) is 10.6. The lowest BCUT2D eigenvalue weighted by molar-refractivity contribution is -0.133. The molecule has 1 fully saturated rings. The Balaban J connectivity index is 1.33. The summed E-state index contributed by atoms with van der Waals surface area (Å²) in [6, 6.07) is 17.5. The predicted molar refractivity (Wildman–Crippen MR) is 129 cm³/mol. The Kier molecular flexibility index (Phi) is 7.19. The average molecular weight is 445 g/mol. The first kappa shape index (κ1) is 22.3. The van der Waals surface area contributed by atoms with Crippen LogP contribution in [0.4, 0.5) is 5.82 Å². The van der Waals surface area contributed by atoms with Gasteiger partial charge in [0.05, 0.1) is 7.11 Å². The summed E-state index contributed by atoms with van der Waals surface area (Å²) in [5.41, 5.74) is 2.00. The fraction of sp³-hybridized carbons (Fsp3) is 0.269.